The molecule has 1 aromatic heterocycles. The Morgan fingerprint density at radius 3 is 2.77 bits per heavy atom. The molecule has 1 aliphatic heterocycles. The van der Waals surface area contributed by atoms with Crippen molar-refractivity contribution < 1.29 is 9.53 Å². The van der Waals surface area contributed by atoms with Gasteiger partial charge in [0.15, 0.2) is 5.13 Å². The maximum absolute atomic E-state index is 13.0. The molecular weight excluding hydrogens is 364 g/mol. The van der Waals surface area contributed by atoms with Gasteiger partial charge in [-0.25, -0.2) is 4.98 Å². The Balaban J connectivity index is 1.54. The van der Waals surface area contributed by atoms with Gasteiger partial charge in [-0.2, -0.15) is 0 Å². The van der Waals surface area contributed by atoms with Gasteiger partial charge in [-0.15, -0.1) is 11.8 Å². The predicted molar refractivity (Wildman–Crippen MR) is 108 cm³/mol. The van der Waals surface area contributed by atoms with E-state index in [1.165, 1.54) is 0 Å². The molecule has 2 heterocycles. The molecule has 0 bridgehead atoms. The summed E-state index contributed by atoms with van der Waals surface area (Å²) in [5, 5.41) is 0.764. The first-order chi connectivity index (χ1) is 12.8. The second-order valence-corrected chi connectivity index (χ2v) is 8.26. The predicted octanol–water partition coefficient (Wildman–Crippen LogP) is 4.60. The molecule has 1 fully saturated rings. The number of thiazole rings is 1. The minimum absolute atomic E-state index is 0.0772. The summed E-state index contributed by atoms with van der Waals surface area (Å²) in [5.74, 6) is 0.473. The average molecular weight is 385 g/mol. The van der Waals surface area contributed by atoms with Gasteiger partial charge in [0.2, 0.25) is 5.91 Å². The second kappa shape index (κ2) is 8.20. The maximum atomic E-state index is 13.0. The number of hydrogen-bond acceptors (Lipinski definition) is 5. The van der Waals surface area contributed by atoms with Gasteiger partial charge in [0, 0.05) is 11.5 Å². The van der Waals surface area contributed by atoms with E-state index in [1.54, 1.807) is 23.1 Å². The number of carbonyl (C=O) groups excluding carboxylic acids is 1. The second-order valence-electron chi connectivity index (χ2n) is 6.21. The third-order valence-corrected chi connectivity index (χ3v) is 6.39. The van der Waals surface area contributed by atoms with Gasteiger partial charge in [-0.3, -0.25) is 9.69 Å². The highest BCUT2D eigenvalue weighted by atomic mass is 32.2. The number of para-hydroxylation sites is 1. The molecule has 26 heavy (non-hydrogen) atoms. The van der Waals surface area contributed by atoms with Crippen LogP contribution in [-0.4, -0.2) is 35.9 Å². The number of anilines is 1. The molecule has 0 radical (unpaired) electrons. The van der Waals surface area contributed by atoms with E-state index in [-0.39, 0.29) is 12.0 Å². The zero-order chi connectivity index (χ0) is 17.8. The Morgan fingerprint density at radius 1 is 1.19 bits per heavy atom. The highest BCUT2D eigenvalue weighted by molar-refractivity contribution is 8.00. The Bertz CT molecular complexity index is 843. The number of ether oxygens (including phenoxy) is 1. The summed E-state index contributed by atoms with van der Waals surface area (Å²) in [6.07, 6.45) is 2.17. The molecule has 4 nitrogen and oxygen atoms in total. The molecule has 4 rings (SSSR count). The number of aromatic nitrogens is 1. The summed E-state index contributed by atoms with van der Waals surface area (Å²) in [6, 6.07) is 18.0. The molecule has 1 saturated heterocycles. The van der Waals surface area contributed by atoms with Gasteiger partial charge in [0.25, 0.3) is 0 Å². The van der Waals surface area contributed by atoms with Crippen molar-refractivity contribution in [3.8, 4) is 0 Å². The molecule has 6 heteroatoms. The summed E-state index contributed by atoms with van der Waals surface area (Å²) < 4.78 is 6.87. The first-order valence-electron chi connectivity index (χ1n) is 8.75. The molecule has 1 atom stereocenters. The van der Waals surface area contributed by atoms with Crippen LogP contribution < -0.4 is 4.90 Å². The Hall–Kier alpha value is -1.89. The topological polar surface area (TPSA) is 42.4 Å². The van der Waals surface area contributed by atoms with Crippen molar-refractivity contribution >= 4 is 44.4 Å². The van der Waals surface area contributed by atoms with Gasteiger partial charge in [0.1, 0.15) is 0 Å². The lowest BCUT2D eigenvalue weighted by atomic mass is 10.2. The summed E-state index contributed by atoms with van der Waals surface area (Å²) in [7, 11) is 0. The van der Waals surface area contributed by atoms with E-state index >= 15 is 0 Å². The van der Waals surface area contributed by atoms with Crippen molar-refractivity contribution in [3.63, 3.8) is 0 Å². The van der Waals surface area contributed by atoms with Crippen molar-refractivity contribution in [2.75, 3.05) is 23.8 Å². The lowest BCUT2D eigenvalue weighted by Gasteiger charge is -2.23. The summed E-state index contributed by atoms with van der Waals surface area (Å²) in [5.41, 5.74) is 0.938. The van der Waals surface area contributed by atoms with E-state index in [0.29, 0.717) is 12.3 Å². The smallest absolute Gasteiger partial charge is 0.239 e. The molecule has 0 N–H and O–H groups in total. The number of rotatable bonds is 6. The Morgan fingerprint density at radius 2 is 2.00 bits per heavy atom. The zero-order valence-electron chi connectivity index (χ0n) is 14.3. The van der Waals surface area contributed by atoms with E-state index in [0.717, 1.165) is 39.7 Å². The van der Waals surface area contributed by atoms with Crippen molar-refractivity contribution in [2.24, 2.45) is 0 Å². The Labute approximate surface area is 161 Å². The SMILES string of the molecule is O=C(CSc1ccccc1)N(C[C@H]1CCCO1)c1nc2ccccc2s1. The third kappa shape index (κ3) is 4.09. The van der Waals surface area contributed by atoms with Crippen molar-refractivity contribution in [1.29, 1.82) is 0 Å². The number of fused-ring (bicyclic) bond motifs is 1. The highest BCUT2D eigenvalue weighted by Gasteiger charge is 2.26. The van der Waals surface area contributed by atoms with E-state index < -0.39 is 0 Å². The van der Waals surface area contributed by atoms with Crippen LogP contribution in [0.2, 0.25) is 0 Å². The summed E-state index contributed by atoms with van der Waals surface area (Å²) in [4.78, 5) is 20.6. The lowest BCUT2D eigenvalue weighted by Crippen LogP contribution is -2.38. The summed E-state index contributed by atoms with van der Waals surface area (Å²) >= 11 is 3.13. The van der Waals surface area contributed by atoms with Crippen LogP contribution >= 0.6 is 23.1 Å². The van der Waals surface area contributed by atoms with Crippen LogP contribution in [-0.2, 0) is 9.53 Å². The van der Waals surface area contributed by atoms with Gasteiger partial charge in [0.05, 0.1) is 28.6 Å². The van der Waals surface area contributed by atoms with Crippen molar-refractivity contribution in [3.05, 3.63) is 54.6 Å². The fourth-order valence-electron chi connectivity index (χ4n) is 2.99. The van der Waals surface area contributed by atoms with Crippen LogP contribution in [0.3, 0.4) is 0 Å². The van der Waals surface area contributed by atoms with Gasteiger partial charge in [-0.1, -0.05) is 41.7 Å². The van der Waals surface area contributed by atoms with Crippen molar-refractivity contribution in [2.45, 2.75) is 23.8 Å². The number of carbonyl (C=O) groups is 1. The molecule has 2 aromatic carbocycles. The summed E-state index contributed by atoms with van der Waals surface area (Å²) in [6.45, 7) is 1.36. The average Bonchev–Trinajstić information content (AvgIpc) is 3.34. The lowest BCUT2D eigenvalue weighted by molar-refractivity contribution is -0.116. The van der Waals surface area contributed by atoms with E-state index in [1.807, 2.05) is 59.5 Å². The number of thioether (sulfide) groups is 1. The fourth-order valence-corrected chi connectivity index (χ4v) is 4.78. The number of nitrogens with zero attached hydrogens (tertiary/aromatic N) is 2. The van der Waals surface area contributed by atoms with E-state index in [9.17, 15) is 4.79 Å². The minimum Gasteiger partial charge on any atom is -0.376 e. The van der Waals surface area contributed by atoms with Crippen LogP contribution in [0.4, 0.5) is 5.13 Å². The molecule has 134 valence electrons. The first kappa shape index (κ1) is 17.5. The van der Waals surface area contributed by atoms with Gasteiger partial charge < -0.3 is 4.74 Å². The molecule has 0 spiro atoms. The standard InChI is InChI=1S/C20H20N2O2S2/c23-19(14-25-16-8-2-1-3-9-16)22(13-15-7-6-12-24-15)20-21-17-10-4-5-11-18(17)26-20/h1-5,8-11,15H,6-7,12-14H2/t15-/m1/s1. The number of hydrogen-bond donors (Lipinski definition) is 0. The molecule has 3 aromatic rings. The Kier molecular flexibility index (Phi) is 5.53. The quantitative estimate of drug-likeness (QED) is 0.583. The molecule has 0 unspecified atom stereocenters. The van der Waals surface area contributed by atoms with Gasteiger partial charge >= 0.3 is 0 Å². The molecule has 0 aliphatic carbocycles. The van der Waals surface area contributed by atoms with Crippen LogP contribution in [0.15, 0.2) is 59.5 Å². The van der Waals surface area contributed by atoms with E-state index in [4.69, 9.17) is 4.74 Å². The number of amides is 1. The van der Waals surface area contributed by atoms with Crippen LogP contribution in [0, 0.1) is 0 Å². The van der Waals surface area contributed by atoms with Crippen LogP contribution in [0.1, 0.15) is 12.8 Å². The number of benzene rings is 2. The third-order valence-electron chi connectivity index (χ3n) is 4.33. The van der Waals surface area contributed by atoms with Crippen LogP contribution in [0.5, 0.6) is 0 Å². The van der Waals surface area contributed by atoms with E-state index in [2.05, 4.69) is 4.98 Å². The zero-order valence-corrected chi connectivity index (χ0v) is 16.0. The normalized spacial score (nSPS) is 16.8. The monoisotopic (exact) mass is 384 g/mol. The largest absolute Gasteiger partial charge is 0.376 e. The minimum atomic E-state index is 0.0772. The molecular formula is C20H20N2O2S2. The highest BCUT2D eigenvalue weighted by Crippen LogP contribution is 2.30. The first-order valence-corrected chi connectivity index (χ1v) is 10.6. The maximum Gasteiger partial charge on any atom is 0.239 e. The van der Waals surface area contributed by atoms with Crippen molar-refractivity contribution in [1.82, 2.24) is 4.98 Å². The van der Waals surface area contributed by atoms with Gasteiger partial charge in [-0.05, 0) is 37.1 Å². The van der Waals surface area contributed by atoms with Crippen LogP contribution in [0.25, 0.3) is 10.2 Å². The molecule has 0 saturated carbocycles. The molecule has 1 amide bonds. The molecule has 1 aliphatic rings. The fraction of sp³-hybridized carbons (Fsp3) is 0.300.